The summed E-state index contributed by atoms with van der Waals surface area (Å²) in [6.45, 7) is 1.89. The van der Waals surface area contributed by atoms with Crippen LogP contribution in [0.5, 0.6) is 0 Å². The molecule has 0 saturated heterocycles. The van der Waals surface area contributed by atoms with Crippen LogP contribution in [0.3, 0.4) is 0 Å². The molecule has 0 fully saturated rings. The van der Waals surface area contributed by atoms with Gasteiger partial charge in [0.2, 0.25) is 0 Å². The zero-order chi connectivity index (χ0) is 11.1. The second kappa shape index (κ2) is 6.28. The summed E-state index contributed by atoms with van der Waals surface area (Å²) in [6, 6.07) is 6.03. The first-order valence-corrected chi connectivity index (χ1v) is 5.86. The first-order valence-electron chi connectivity index (χ1n) is 5.86. The first kappa shape index (κ1) is 11.1. The number of aromatic nitrogens is 1. The maximum atomic E-state index is 5.47. The average molecular weight is 218 g/mol. The van der Waals surface area contributed by atoms with Crippen LogP contribution in [-0.2, 0) is 11.2 Å². The Kier molecular flexibility index (Phi) is 4.37. The Labute approximate surface area is 96.5 Å². The fraction of sp³-hybridized carbons (Fsp3) is 0.462. The van der Waals surface area contributed by atoms with Crippen molar-refractivity contribution in [1.29, 1.82) is 0 Å². The lowest BCUT2D eigenvalue weighted by Crippen LogP contribution is -2.30. The summed E-state index contributed by atoms with van der Waals surface area (Å²) in [4.78, 5) is 4.28. The molecule has 0 bridgehead atoms. The van der Waals surface area contributed by atoms with E-state index in [0.29, 0.717) is 6.10 Å². The van der Waals surface area contributed by atoms with Gasteiger partial charge in [0.05, 0.1) is 6.26 Å². The molecule has 16 heavy (non-hydrogen) atoms. The van der Waals surface area contributed by atoms with Gasteiger partial charge in [-0.25, -0.2) is 0 Å². The van der Waals surface area contributed by atoms with Crippen LogP contribution in [0.4, 0.5) is 0 Å². The van der Waals surface area contributed by atoms with E-state index < -0.39 is 0 Å². The highest BCUT2D eigenvalue weighted by atomic mass is 16.5. The van der Waals surface area contributed by atoms with E-state index in [9.17, 15) is 0 Å². The van der Waals surface area contributed by atoms with Crippen LogP contribution in [0, 0.1) is 0 Å². The Balaban J connectivity index is 1.60. The Morgan fingerprint density at radius 3 is 3.19 bits per heavy atom. The number of rotatable bonds is 5. The fourth-order valence-electron chi connectivity index (χ4n) is 1.76. The van der Waals surface area contributed by atoms with E-state index in [1.165, 1.54) is 0 Å². The average Bonchev–Trinajstić information content (AvgIpc) is 2.37. The minimum Gasteiger partial charge on any atom is -0.497 e. The minimum atomic E-state index is 0.341. The zero-order valence-corrected chi connectivity index (χ0v) is 9.43. The molecule has 2 rings (SSSR count). The highest BCUT2D eigenvalue weighted by Gasteiger charge is 2.09. The number of hydrogen-bond donors (Lipinski definition) is 1. The number of nitrogens with one attached hydrogen (secondary N) is 1. The Morgan fingerprint density at radius 2 is 2.44 bits per heavy atom. The number of allylic oxidation sites excluding steroid dienone is 1. The van der Waals surface area contributed by atoms with Crippen molar-refractivity contribution < 1.29 is 4.74 Å². The van der Waals surface area contributed by atoms with Crippen LogP contribution in [0.2, 0.25) is 0 Å². The summed E-state index contributed by atoms with van der Waals surface area (Å²) in [6.07, 6.45) is 9.29. The van der Waals surface area contributed by atoms with Crippen LogP contribution in [0.15, 0.2) is 36.7 Å². The van der Waals surface area contributed by atoms with Crippen molar-refractivity contribution >= 4 is 0 Å². The second-order valence-corrected chi connectivity index (χ2v) is 3.98. The van der Waals surface area contributed by atoms with Crippen LogP contribution in [0.25, 0.3) is 0 Å². The number of ether oxygens (including phenoxy) is 1. The molecule has 1 unspecified atom stereocenters. The van der Waals surface area contributed by atoms with E-state index >= 15 is 0 Å². The van der Waals surface area contributed by atoms with Gasteiger partial charge in [0.15, 0.2) is 0 Å². The monoisotopic (exact) mass is 218 g/mol. The van der Waals surface area contributed by atoms with Crippen LogP contribution >= 0.6 is 0 Å². The lowest BCUT2D eigenvalue weighted by Gasteiger charge is -2.19. The third kappa shape index (κ3) is 3.66. The smallest absolute Gasteiger partial charge is 0.110 e. The van der Waals surface area contributed by atoms with E-state index in [0.717, 1.165) is 38.0 Å². The topological polar surface area (TPSA) is 34.1 Å². The molecular weight excluding hydrogens is 200 g/mol. The quantitative estimate of drug-likeness (QED) is 0.766. The summed E-state index contributed by atoms with van der Waals surface area (Å²) < 4.78 is 5.47. The number of nitrogens with zero attached hydrogens (tertiary/aromatic N) is 1. The highest BCUT2D eigenvalue weighted by Crippen LogP contribution is 2.08. The first-order chi connectivity index (χ1) is 7.95. The van der Waals surface area contributed by atoms with Crippen molar-refractivity contribution in [3.8, 4) is 0 Å². The van der Waals surface area contributed by atoms with Gasteiger partial charge in [-0.3, -0.25) is 4.98 Å². The maximum absolute atomic E-state index is 5.47. The van der Waals surface area contributed by atoms with E-state index in [1.54, 1.807) is 0 Å². The van der Waals surface area contributed by atoms with Crippen molar-refractivity contribution in [3.63, 3.8) is 0 Å². The van der Waals surface area contributed by atoms with Gasteiger partial charge < -0.3 is 10.1 Å². The molecule has 1 aliphatic rings. The van der Waals surface area contributed by atoms with Crippen molar-refractivity contribution in [2.45, 2.75) is 25.4 Å². The molecule has 1 atom stereocenters. The molecule has 3 heteroatoms. The summed E-state index contributed by atoms with van der Waals surface area (Å²) >= 11 is 0. The largest absolute Gasteiger partial charge is 0.497 e. The predicted molar refractivity (Wildman–Crippen MR) is 64.1 cm³/mol. The van der Waals surface area contributed by atoms with Crippen molar-refractivity contribution in [2.75, 3.05) is 13.1 Å². The summed E-state index contributed by atoms with van der Waals surface area (Å²) in [5, 5.41) is 3.40. The third-order valence-corrected chi connectivity index (χ3v) is 2.68. The molecule has 1 N–H and O–H groups in total. The van der Waals surface area contributed by atoms with Gasteiger partial charge in [0.25, 0.3) is 0 Å². The highest BCUT2D eigenvalue weighted by molar-refractivity contribution is 5.03. The van der Waals surface area contributed by atoms with E-state index in [2.05, 4.69) is 22.4 Å². The van der Waals surface area contributed by atoms with Crippen LogP contribution in [0.1, 0.15) is 18.5 Å². The van der Waals surface area contributed by atoms with Crippen molar-refractivity contribution in [2.24, 2.45) is 0 Å². The van der Waals surface area contributed by atoms with Crippen LogP contribution in [-0.4, -0.2) is 24.2 Å². The fourth-order valence-corrected chi connectivity index (χ4v) is 1.76. The van der Waals surface area contributed by atoms with Gasteiger partial charge in [0.1, 0.15) is 6.10 Å². The van der Waals surface area contributed by atoms with Crippen LogP contribution < -0.4 is 5.32 Å². The lowest BCUT2D eigenvalue weighted by molar-refractivity contribution is 0.122. The van der Waals surface area contributed by atoms with E-state index in [-0.39, 0.29) is 0 Å². The summed E-state index contributed by atoms with van der Waals surface area (Å²) in [7, 11) is 0. The van der Waals surface area contributed by atoms with Gasteiger partial charge in [-0.1, -0.05) is 6.07 Å². The molecule has 3 nitrogen and oxygen atoms in total. The van der Waals surface area contributed by atoms with Gasteiger partial charge in [-0.2, -0.15) is 0 Å². The lowest BCUT2D eigenvalue weighted by atomic mass is 10.1. The Bertz CT molecular complexity index is 324. The molecular formula is C13H18N2O. The van der Waals surface area contributed by atoms with Gasteiger partial charge >= 0.3 is 0 Å². The zero-order valence-electron chi connectivity index (χ0n) is 9.43. The maximum Gasteiger partial charge on any atom is 0.110 e. The standard InChI is InChI=1S/C13H18N2O/c1-3-8-15-12(5-1)7-9-14-11-13-6-2-4-10-16-13/h1,3-5,8,10,13-14H,2,6-7,9,11H2. The minimum absolute atomic E-state index is 0.341. The summed E-state index contributed by atoms with van der Waals surface area (Å²) in [5.74, 6) is 0. The van der Waals surface area contributed by atoms with E-state index in [1.807, 2.05) is 24.6 Å². The van der Waals surface area contributed by atoms with E-state index in [4.69, 9.17) is 4.74 Å². The molecule has 0 radical (unpaired) electrons. The Morgan fingerprint density at radius 1 is 1.44 bits per heavy atom. The molecule has 0 spiro atoms. The van der Waals surface area contributed by atoms with Gasteiger partial charge in [-0.15, -0.1) is 0 Å². The Hall–Kier alpha value is -1.35. The third-order valence-electron chi connectivity index (χ3n) is 2.68. The normalized spacial score (nSPS) is 19.4. The predicted octanol–water partition coefficient (Wildman–Crippen LogP) is 1.91. The van der Waals surface area contributed by atoms with Crippen molar-refractivity contribution in [1.82, 2.24) is 10.3 Å². The molecule has 0 aliphatic carbocycles. The molecule has 0 amide bonds. The SMILES string of the molecule is C1=COC(CNCCc2ccccn2)CC1. The molecule has 1 aliphatic heterocycles. The molecule has 86 valence electrons. The van der Waals surface area contributed by atoms with Gasteiger partial charge in [0, 0.05) is 31.4 Å². The number of hydrogen-bond acceptors (Lipinski definition) is 3. The molecule has 0 saturated carbocycles. The number of pyridine rings is 1. The van der Waals surface area contributed by atoms with Gasteiger partial charge in [-0.05, 0) is 31.1 Å². The molecule has 2 heterocycles. The van der Waals surface area contributed by atoms with Crippen molar-refractivity contribution in [3.05, 3.63) is 42.4 Å². The molecule has 0 aromatic carbocycles. The summed E-state index contributed by atoms with van der Waals surface area (Å²) in [5.41, 5.74) is 1.14. The second-order valence-electron chi connectivity index (χ2n) is 3.98. The molecule has 1 aromatic rings. The molecule has 1 aromatic heterocycles.